The third-order valence-corrected chi connectivity index (χ3v) is 5.81. The first-order chi connectivity index (χ1) is 15.1. The Morgan fingerprint density at radius 3 is 2.78 bits per heavy atom. The van der Waals surface area contributed by atoms with E-state index < -0.39 is 17.8 Å². The van der Waals surface area contributed by atoms with Gasteiger partial charge in [-0.25, -0.2) is 9.97 Å². The van der Waals surface area contributed by atoms with Gasteiger partial charge in [0.25, 0.3) is 5.91 Å². The summed E-state index contributed by atoms with van der Waals surface area (Å²) in [4.78, 5) is 23.4. The molecular weight excluding hydrogens is 423 g/mol. The second-order valence-corrected chi connectivity index (χ2v) is 7.72. The van der Waals surface area contributed by atoms with Crippen molar-refractivity contribution in [3.05, 3.63) is 65.1 Å². The predicted molar refractivity (Wildman–Crippen MR) is 111 cm³/mol. The van der Waals surface area contributed by atoms with E-state index in [4.69, 9.17) is 10.5 Å². The van der Waals surface area contributed by atoms with E-state index in [0.29, 0.717) is 28.4 Å². The molecule has 0 saturated carbocycles. The summed E-state index contributed by atoms with van der Waals surface area (Å²) in [5, 5.41) is 0.719. The van der Waals surface area contributed by atoms with Gasteiger partial charge in [-0.1, -0.05) is 6.07 Å². The van der Waals surface area contributed by atoms with Gasteiger partial charge in [0, 0.05) is 23.6 Å². The number of aryl methyl sites for hydroxylation is 1. The van der Waals surface area contributed by atoms with Crippen LogP contribution in [0.3, 0.4) is 0 Å². The van der Waals surface area contributed by atoms with Gasteiger partial charge in [-0.3, -0.25) is 9.20 Å². The molecule has 0 spiro atoms. The van der Waals surface area contributed by atoms with Crippen LogP contribution in [0.1, 0.15) is 33.4 Å². The summed E-state index contributed by atoms with van der Waals surface area (Å²) in [6, 6.07) is 7.92. The SMILES string of the molecule is Cc1ncc2c3cc(C(=O)N(C)[C@@H]4COc5cc(C(F)(F)F)ccc54)ccc3nc(N)n12. The highest BCUT2D eigenvalue weighted by atomic mass is 19.4. The topological polar surface area (TPSA) is 85.8 Å². The molecule has 0 fully saturated rings. The number of nitrogens with zero attached hydrogens (tertiary/aromatic N) is 4. The van der Waals surface area contributed by atoms with Gasteiger partial charge in [0.05, 0.1) is 28.8 Å². The van der Waals surface area contributed by atoms with Crippen LogP contribution in [-0.4, -0.2) is 38.8 Å². The number of rotatable bonds is 2. The number of fused-ring (bicyclic) bond motifs is 4. The Kier molecular flexibility index (Phi) is 4.30. The van der Waals surface area contributed by atoms with E-state index in [1.807, 2.05) is 0 Å². The number of anilines is 1. The van der Waals surface area contributed by atoms with Gasteiger partial charge >= 0.3 is 6.18 Å². The average molecular weight is 441 g/mol. The molecular formula is C22H18F3N5O2. The van der Waals surface area contributed by atoms with Gasteiger partial charge < -0.3 is 15.4 Å². The number of nitrogens with two attached hydrogens (primary N) is 1. The van der Waals surface area contributed by atoms with E-state index >= 15 is 0 Å². The quantitative estimate of drug-likeness (QED) is 0.508. The number of hydrogen-bond donors (Lipinski definition) is 1. The van der Waals surface area contributed by atoms with Gasteiger partial charge in [-0.2, -0.15) is 13.2 Å². The van der Waals surface area contributed by atoms with Crippen LogP contribution in [0.15, 0.2) is 42.6 Å². The number of alkyl halides is 3. The molecule has 1 amide bonds. The zero-order valence-corrected chi connectivity index (χ0v) is 17.1. The van der Waals surface area contributed by atoms with Crippen LogP contribution >= 0.6 is 0 Å². The lowest BCUT2D eigenvalue weighted by molar-refractivity contribution is -0.137. The Morgan fingerprint density at radius 2 is 2.03 bits per heavy atom. The zero-order valence-electron chi connectivity index (χ0n) is 17.1. The summed E-state index contributed by atoms with van der Waals surface area (Å²) in [6.07, 6.45) is -2.79. The normalized spacial score (nSPS) is 15.7. The molecule has 0 radical (unpaired) electrons. The van der Waals surface area contributed by atoms with E-state index in [2.05, 4.69) is 9.97 Å². The highest BCUT2D eigenvalue weighted by Crippen LogP contribution is 2.40. The first-order valence-electron chi connectivity index (χ1n) is 9.79. The van der Waals surface area contributed by atoms with Gasteiger partial charge in [-0.05, 0) is 37.3 Å². The molecule has 5 rings (SSSR count). The molecule has 0 bridgehead atoms. The lowest BCUT2D eigenvalue weighted by Crippen LogP contribution is -2.32. The van der Waals surface area contributed by atoms with Crippen LogP contribution in [-0.2, 0) is 6.18 Å². The summed E-state index contributed by atoms with van der Waals surface area (Å²) in [5.74, 6) is 0.828. The molecule has 1 aliphatic rings. The number of imidazole rings is 1. The van der Waals surface area contributed by atoms with Crippen LogP contribution in [0.4, 0.5) is 19.1 Å². The van der Waals surface area contributed by atoms with Crippen molar-refractivity contribution >= 4 is 28.3 Å². The Hall–Kier alpha value is -3.82. The molecule has 0 saturated heterocycles. The van der Waals surface area contributed by atoms with Crippen molar-refractivity contribution in [2.24, 2.45) is 0 Å². The molecule has 2 aromatic carbocycles. The van der Waals surface area contributed by atoms with E-state index in [1.54, 1.807) is 42.8 Å². The third kappa shape index (κ3) is 3.02. The number of benzene rings is 2. The Bertz CT molecular complexity index is 1400. The van der Waals surface area contributed by atoms with Crippen LogP contribution in [0.5, 0.6) is 5.75 Å². The number of aromatic nitrogens is 3. The number of carbonyl (C=O) groups excluding carboxylic acids is 1. The first-order valence-corrected chi connectivity index (χ1v) is 9.79. The molecule has 3 heterocycles. The maximum absolute atomic E-state index is 13.2. The second kappa shape index (κ2) is 6.84. The summed E-state index contributed by atoms with van der Waals surface area (Å²) < 4.78 is 46.1. The molecule has 0 unspecified atom stereocenters. The number of nitrogen functional groups attached to an aromatic ring is 1. The van der Waals surface area contributed by atoms with Gasteiger partial charge in [-0.15, -0.1) is 0 Å². The van der Waals surface area contributed by atoms with Gasteiger partial charge in [0.15, 0.2) is 0 Å². The summed E-state index contributed by atoms with van der Waals surface area (Å²) in [5.41, 5.74) is 7.56. The lowest BCUT2D eigenvalue weighted by Gasteiger charge is -2.24. The predicted octanol–water partition coefficient (Wildman–Crippen LogP) is 4.00. The molecule has 7 nitrogen and oxygen atoms in total. The highest BCUT2D eigenvalue weighted by Gasteiger charge is 2.36. The molecule has 1 atom stereocenters. The number of halogens is 3. The number of likely N-dealkylation sites (N-methyl/N-ethyl adjacent to an activating group) is 1. The van der Waals surface area contributed by atoms with Crippen molar-refractivity contribution in [3.8, 4) is 5.75 Å². The molecule has 32 heavy (non-hydrogen) atoms. The van der Waals surface area contributed by atoms with Crippen LogP contribution in [0.25, 0.3) is 16.4 Å². The van der Waals surface area contributed by atoms with Crippen LogP contribution in [0.2, 0.25) is 0 Å². The Balaban J connectivity index is 1.50. The number of amides is 1. The van der Waals surface area contributed by atoms with E-state index in [-0.39, 0.29) is 18.3 Å². The van der Waals surface area contributed by atoms with E-state index in [9.17, 15) is 18.0 Å². The fourth-order valence-corrected chi connectivity index (χ4v) is 4.10. The third-order valence-electron chi connectivity index (χ3n) is 5.81. The molecule has 0 aliphatic carbocycles. The van der Waals surface area contributed by atoms with Crippen molar-refractivity contribution in [2.45, 2.75) is 19.1 Å². The summed E-state index contributed by atoms with van der Waals surface area (Å²) in [6.45, 7) is 1.89. The number of carbonyl (C=O) groups is 1. The average Bonchev–Trinajstić information content (AvgIpc) is 3.35. The summed E-state index contributed by atoms with van der Waals surface area (Å²) >= 11 is 0. The minimum Gasteiger partial charge on any atom is -0.491 e. The molecule has 10 heteroatoms. The maximum atomic E-state index is 13.2. The fraction of sp³-hybridized carbons (Fsp3) is 0.227. The highest BCUT2D eigenvalue weighted by molar-refractivity contribution is 6.02. The van der Waals surface area contributed by atoms with Crippen molar-refractivity contribution in [2.75, 3.05) is 19.4 Å². The van der Waals surface area contributed by atoms with Crippen LogP contribution < -0.4 is 10.5 Å². The smallest absolute Gasteiger partial charge is 0.416 e. The summed E-state index contributed by atoms with van der Waals surface area (Å²) in [7, 11) is 1.60. The van der Waals surface area contributed by atoms with E-state index in [1.165, 1.54) is 11.0 Å². The fourth-order valence-electron chi connectivity index (χ4n) is 4.10. The molecule has 4 aromatic rings. The van der Waals surface area contributed by atoms with Gasteiger partial charge in [0.1, 0.15) is 18.2 Å². The minimum absolute atomic E-state index is 0.0800. The van der Waals surface area contributed by atoms with Crippen molar-refractivity contribution in [3.63, 3.8) is 0 Å². The van der Waals surface area contributed by atoms with E-state index in [0.717, 1.165) is 23.0 Å². The van der Waals surface area contributed by atoms with Gasteiger partial charge in [0.2, 0.25) is 5.95 Å². The zero-order chi connectivity index (χ0) is 22.8. The number of ether oxygens (including phenoxy) is 1. The standard InChI is InChI=1S/C22H18F3N5O2/c1-11-27-9-17-15-7-12(3-6-16(15)28-21(26)30(11)17)20(31)29(2)18-10-32-19-8-13(22(23,24)25)4-5-14(18)19/h3-9,18H,10H2,1-2H3,(H2,26,28)/t18-/m1/s1. The molecule has 2 N–H and O–H groups in total. The first kappa shape index (κ1) is 20.1. The van der Waals surface area contributed by atoms with Crippen molar-refractivity contribution < 1.29 is 22.7 Å². The Morgan fingerprint density at radius 1 is 1.25 bits per heavy atom. The maximum Gasteiger partial charge on any atom is 0.416 e. The second-order valence-electron chi connectivity index (χ2n) is 7.72. The molecule has 2 aromatic heterocycles. The molecule has 164 valence electrons. The van der Waals surface area contributed by atoms with Crippen LogP contribution in [0, 0.1) is 6.92 Å². The lowest BCUT2D eigenvalue weighted by atomic mass is 10.0. The van der Waals surface area contributed by atoms with Crippen molar-refractivity contribution in [1.82, 2.24) is 19.3 Å². The van der Waals surface area contributed by atoms with Crippen molar-refractivity contribution in [1.29, 1.82) is 0 Å². The Labute approximate surface area is 180 Å². The molecule has 1 aliphatic heterocycles. The minimum atomic E-state index is -4.46. The monoisotopic (exact) mass is 441 g/mol. The largest absolute Gasteiger partial charge is 0.491 e. The number of hydrogen-bond acceptors (Lipinski definition) is 5.